The smallest absolute Gasteiger partial charge is 0.242 e. The van der Waals surface area contributed by atoms with Gasteiger partial charge in [0, 0.05) is 39.1 Å². The summed E-state index contributed by atoms with van der Waals surface area (Å²) in [7, 11) is 3.21. The molecule has 2 amide bonds. The van der Waals surface area contributed by atoms with Crippen LogP contribution in [0.4, 0.5) is 0 Å². The number of carbonyl (C=O) groups is 2. The van der Waals surface area contributed by atoms with Crippen LogP contribution in [0.5, 0.6) is 11.5 Å². The SMILES string of the molecule is CCC(=O)N(CCN1CCOCC1)CC(=O)N(CCc1ccc(OC)c(OC)c1)Cc1ccc(C)o1. The lowest BCUT2D eigenvalue weighted by Gasteiger charge is -2.31. The highest BCUT2D eigenvalue weighted by molar-refractivity contribution is 5.84. The van der Waals surface area contributed by atoms with Crippen molar-refractivity contribution >= 4 is 11.8 Å². The number of aryl methyl sites for hydroxylation is 1. The molecule has 1 saturated heterocycles. The van der Waals surface area contributed by atoms with Gasteiger partial charge in [0.05, 0.1) is 40.5 Å². The number of rotatable bonds is 13. The summed E-state index contributed by atoms with van der Waals surface area (Å²) in [6.45, 7) is 8.91. The van der Waals surface area contributed by atoms with E-state index >= 15 is 0 Å². The van der Waals surface area contributed by atoms with Crippen molar-refractivity contribution in [3.05, 3.63) is 47.4 Å². The molecule has 1 aromatic carbocycles. The molecule has 0 atom stereocenters. The lowest BCUT2D eigenvalue weighted by Crippen LogP contribution is -2.47. The number of carbonyl (C=O) groups excluding carboxylic acids is 2. The van der Waals surface area contributed by atoms with E-state index in [1.807, 2.05) is 44.2 Å². The fraction of sp³-hybridized carbons (Fsp3) is 0.556. The van der Waals surface area contributed by atoms with Crippen molar-refractivity contribution in [2.24, 2.45) is 0 Å². The normalized spacial score (nSPS) is 13.9. The topological polar surface area (TPSA) is 84.7 Å². The molecule has 0 spiro atoms. The van der Waals surface area contributed by atoms with Crippen LogP contribution in [0.15, 0.2) is 34.7 Å². The molecular weight excluding hydrogens is 462 g/mol. The van der Waals surface area contributed by atoms with Crippen molar-refractivity contribution < 1.29 is 28.2 Å². The van der Waals surface area contributed by atoms with Gasteiger partial charge in [0.2, 0.25) is 11.8 Å². The molecule has 0 radical (unpaired) electrons. The van der Waals surface area contributed by atoms with Crippen LogP contribution in [-0.4, -0.2) is 93.2 Å². The molecule has 1 fully saturated rings. The van der Waals surface area contributed by atoms with E-state index in [4.69, 9.17) is 18.6 Å². The molecule has 9 heteroatoms. The largest absolute Gasteiger partial charge is 0.493 e. The Bertz CT molecular complexity index is 986. The molecule has 0 N–H and O–H groups in total. The number of hydrogen-bond donors (Lipinski definition) is 0. The van der Waals surface area contributed by atoms with Crippen molar-refractivity contribution in [3.8, 4) is 11.5 Å². The fourth-order valence-corrected chi connectivity index (χ4v) is 4.22. The molecule has 1 aliphatic rings. The van der Waals surface area contributed by atoms with Crippen LogP contribution < -0.4 is 9.47 Å². The molecule has 1 aromatic heterocycles. The first kappa shape index (κ1) is 27.5. The molecule has 0 aliphatic carbocycles. The summed E-state index contributed by atoms with van der Waals surface area (Å²) in [5, 5.41) is 0. The van der Waals surface area contributed by atoms with E-state index in [0.717, 1.165) is 36.7 Å². The van der Waals surface area contributed by atoms with Crippen LogP contribution >= 0.6 is 0 Å². The van der Waals surface area contributed by atoms with Crippen molar-refractivity contribution in [1.29, 1.82) is 0 Å². The lowest BCUT2D eigenvalue weighted by atomic mass is 10.1. The minimum absolute atomic E-state index is 0.0229. The number of ether oxygens (including phenoxy) is 3. The number of furan rings is 1. The van der Waals surface area contributed by atoms with E-state index in [-0.39, 0.29) is 18.4 Å². The van der Waals surface area contributed by atoms with Gasteiger partial charge in [-0.05, 0) is 43.2 Å². The molecule has 9 nitrogen and oxygen atoms in total. The number of morpholine rings is 1. The summed E-state index contributed by atoms with van der Waals surface area (Å²) in [6.07, 6.45) is 0.987. The van der Waals surface area contributed by atoms with Gasteiger partial charge in [-0.1, -0.05) is 13.0 Å². The Hall–Kier alpha value is -3.04. The number of amides is 2. The molecule has 3 rings (SSSR count). The van der Waals surface area contributed by atoms with E-state index in [1.54, 1.807) is 24.0 Å². The molecule has 36 heavy (non-hydrogen) atoms. The second-order valence-electron chi connectivity index (χ2n) is 8.89. The fourth-order valence-electron chi connectivity index (χ4n) is 4.22. The molecule has 0 bridgehead atoms. The number of hydrogen-bond acceptors (Lipinski definition) is 7. The highest BCUT2D eigenvalue weighted by atomic mass is 16.5. The molecule has 198 valence electrons. The third kappa shape index (κ3) is 7.99. The standard InChI is InChI=1S/C27H39N3O6/c1-5-26(31)30(13-12-28-14-16-35-17-15-28)20-27(32)29(19-23-8-6-21(2)36-23)11-10-22-7-9-24(33-3)25(18-22)34-4/h6-9,18H,5,10-17,19-20H2,1-4H3. The van der Waals surface area contributed by atoms with E-state index in [2.05, 4.69) is 4.90 Å². The average molecular weight is 502 g/mol. The van der Waals surface area contributed by atoms with Crippen LogP contribution in [0.2, 0.25) is 0 Å². The van der Waals surface area contributed by atoms with Crippen molar-refractivity contribution in [1.82, 2.24) is 14.7 Å². The van der Waals surface area contributed by atoms with E-state index in [0.29, 0.717) is 57.2 Å². The molecule has 0 saturated carbocycles. The number of benzene rings is 1. The average Bonchev–Trinajstić information content (AvgIpc) is 3.32. The summed E-state index contributed by atoms with van der Waals surface area (Å²) in [5.74, 6) is 2.70. The highest BCUT2D eigenvalue weighted by Gasteiger charge is 2.23. The second kappa shape index (κ2) is 13.9. The zero-order chi connectivity index (χ0) is 25.9. The molecule has 2 aromatic rings. The minimum atomic E-state index is -0.103. The summed E-state index contributed by atoms with van der Waals surface area (Å²) < 4.78 is 21.9. The van der Waals surface area contributed by atoms with Crippen LogP contribution in [0, 0.1) is 6.92 Å². The monoisotopic (exact) mass is 501 g/mol. The van der Waals surface area contributed by atoms with Crippen molar-refractivity contribution in [2.45, 2.75) is 33.2 Å². The van der Waals surface area contributed by atoms with Crippen molar-refractivity contribution in [2.75, 3.05) is 66.7 Å². The lowest BCUT2D eigenvalue weighted by molar-refractivity contribution is -0.141. The predicted molar refractivity (Wildman–Crippen MR) is 136 cm³/mol. The van der Waals surface area contributed by atoms with E-state index in [1.165, 1.54) is 0 Å². The predicted octanol–water partition coefficient (Wildman–Crippen LogP) is 2.75. The summed E-state index contributed by atoms with van der Waals surface area (Å²) in [6, 6.07) is 9.54. The Morgan fingerprint density at radius 2 is 1.72 bits per heavy atom. The quantitative estimate of drug-likeness (QED) is 0.417. The maximum atomic E-state index is 13.5. The Labute approximate surface area is 213 Å². The molecule has 1 aliphatic heterocycles. The number of methoxy groups -OCH3 is 2. The zero-order valence-corrected chi connectivity index (χ0v) is 22.0. The zero-order valence-electron chi connectivity index (χ0n) is 22.0. The first-order valence-electron chi connectivity index (χ1n) is 12.5. The van der Waals surface area contributed by atoms with Gasteiger partial charge in [0.15, 0.2) is 11.5 Å². The third-order valence-electron chi connectivity index (χ3n) is 6.38. The van der Waals surface area contributed by atoms with Gasteiger partial charge in [-0.3, -0.25) is 14.5 Å². The minimum Gasteiger partial charge on any atom is -0.493 e. The van der Waals surface area contributed by atoms with Crippen LogP contribution in [0.3, 0.4) is 0 Å². The van der Waals surface area contributed by atoms with Gasteiger partial charge >= 0.3 is 0 Å². The van der Waals surface area contributed by atoms with Gasteiger partial charge in [0.25, 0.3) is 0 Å². The van der Waals surface area contributed by atoms with Gasteiger partial charge in [0.1, 0.15) is 11.5 Å². The first-order valence-corrected chi connectivity index (χ1v) is 12.5. The Morgan fingerprint density at radius 3 is 2.36 bits per heavy atom. The molecule has 2 heterocycles. The first-order chi connectivity index (χ1) is 17.4. The summed E-state index contributed by atoms with van der Waals surface area (Å²) in [5.41, 5.74) is 1.02. The molecular formula is C27H39N3O6. The third-order valence-corrected chi connectivity index (χ3v) is 6.38. The summed E-state index contributed by atoms with van der Waals surface area (Å²) >= 11 is 0. The molecule has 0 unspecified atom stereocenters. The Balaban J connectivity index is 1.69. The number of nitrogens with zero attached hydrogens (tertiary/aromatic N) is 3. The van der Waals surface area contributed by atoms with E-state index < -0.39 is 0 Å². The second-order valence-corrected chi connectivity index (χ2v) is 8.89. The Kier molecular flexibility index (Phi) is 10.6. The van der Waals surface area contributed by atoms with E-state index in [9.17, 15) is 9.59 Å². The van der Waals surface area contributed by atoms with Gasteiger partial charge in [-0.15, -0.1) is 0 Å². The van der Waals surface area contributed by atoms with Crippen LogP contribution in [-0.2, 0) is 27.3 Å². The highest BCUT2D eigenvalue weighted by Crippen LogP contribution is 2.27. The van der Waals surface area contributed by atoms with Gasteiger partial charge in [-0.2, -0.15) is 0 Å². The van der Waals surface area contributed by atoms with Crippen molar-refractivity contribution in [3.63, 3.8) is 0 Å². The van der Waals surface area contributed by atoms with Gasteiger partial charge < -0.3 is 28.4 Å². The maximum Gasteiger partial charge on any atom is 0.242 e. The van der Waals surface area contributed by atoms with Crippen LogP contribution in [0.1, 0.15) is 30.4 Å². The summed E-state index contributed by atoms with van der Waals surface area (Å²) in [4.78, 5) is 31.9. The maximum absolute atomic E-state index is 13.5. The van der Waals surface area contributed by atoms with Gasteiger partial charge in [-0.25, -0.2) is 0 Å². The Morgan fingerprint density at radius 1 is 0.972 bits per heavy atom. The van der Waals surface area contributed by atoms with Crippen LogP contribution in [0.25, 0.3) is 0 Å².